The molecule has 2 aromatic rings. The predicted octanol–water partition coefficient (Wildman–Crippen LogP) is 3.98. The number of sulfonamides is 1. The number of halogens is 1. The number of nitrogens with zero attached hydrogens (tertiary/aromatic N) is 2. The molecule has 29 heavy (non-hydrogen) atoms. The Hall–Kier alpha value is -2.25. The molecule has 0 aromatic heterocycles. The topological polar surface area (TPSA) is 57.7 Å². The van der Waals surface area contributed by atoms with Crippen molar-refractivity contribution in [3.8, 4) is 0 Å². The molecule has 4 rings (SSSR count). The Bertz CT molecular complexity index is 997. The lowest BCUT2D eigenvalue weighted by Crippen LogP contribution is -2.36. The highest BCUT2D eigenvalue weighted by molar-refractivity contribution is 7.89. The van der Waals surface area contributed by atoms with Crippen LogP contribution < -0.4 is 4.90 Å². The molecule has 0 radical (unpaired) electrons. The maximum absolute atomic E-state index is 13.2. The molecule has 2 aliphatic rings. The summed E-state index contributed by atoms with van der Waals surface area (Å²) < 4.78 is 41.0. The molecule has 1 fully saturated rings. The predicted molar refractivity (Wildman–Crippen MR) is 110 cm³/mol. The number of carbonyl (C=O) groups excluding carboxylic acids is 1. The molecule has 7 heteroatoms. The van der Waals surface area contributed by atoms with Gasteiger partial charge in [-0.2, -0.15) is 4.31 Å². The zero-order valence-corrected chi connectivity index (χ0v) is 17.1. The van der Waals surface area contributed by atoms with Gasteiger partial charge in [0.05, 0.1) is 4.90 Å². The molecule has 154 valence electrons. The Labute approximate surface area is 171 Å². The summed E-state index contributed by atoms with van der Waals surface area (Å²) in [4.78, 5) is 14.9. The Morgan fingerprint density at radius 3 is 2.24 bits per heavy atom. The van der Waals surface area contributed by atoms with Gasteiger partial charge < -0.3 is 4.90 Å². The third kappa shape index (κ3) is 4.07. The second-order valence-corrected chi connectivity index (χ2v) is 9.61. The van der Waals surface area contributed by atoms with Crippen LogP contribution in [0.2, 0.25) is 0 Å². The Kier molecular flexibility index (Phi) is 5.69. The van der Waals surface area contributed by atoms with E-state index in [1.807, 2.05) is 0 Å². The van der Waals surface area contributed by atoms with Crippen LogP contribution in [0.1, 0.15) is 48.0 Å². The quantitative estimate of drug-likeness (QED) is 0.760. The summed E-state index contributed by atoms with van der Waals surface area (Å²) in [6, 6.07) is 10.6. The van der Waals surface area contributed by atoms with E-state index in [0.717, 1.165) is 49.8 Å². The third-order valence-corrected chi connectivity index (χ3v) is 7.60. The van der Waals surface area contributed by atoms with E-state index in [1.54, 1.807) is 27.4 Å². The summed E-state index contributed by atoms with van der Waals surface area (Å²) in [6.07, 6.45) is 5.40. The number of aryl methyl sites for hydroxylation is 1. The second-order valence-electron chi connectivity index (χ2n) is 7.68. The molecule has 0 aliphatic carbocycles. The number of hydrogen-bond donors (Lipinski definition) is 0. The molecule has 0 N–H and O–H groups in total. The number of hydrogen-bond acceptors (Lipinski definition) is 3. The molecular formula is C22H25FN2O3S. The summed E-state index contributed by atoms with van der Waals surface area (Å²) in [6.45, 7) is 1.69. The first-order valence-corrected chi connectivity index (χ1v) is 11.6. The van der Waals surface area contributed by atoms with Crippen molar-refractivity contribution in [1.82, 2.24) is 4.31 Å². The highest BCUT2D eigenvalue weighted by atomic mass is 32.2. The average molecular weight is 417 g/mol. The van der Waals surface area contributed by atoms with E-state index in [2.05, 4.69) is 0 Å². The summed E-state index contributed by atoms with van der Waals surface area (Å²) in [5, 5.41) is 0. The summed E-state index contributed by atoms with van der Waals surface area (Å²) in [5.41, 5.74) is 2.02. The van der Waals surface area contributed by atoms with Gasteiger partial charge in [0.2, 0.25) is 10.0 Å². The van der Waals surface area contributed by atoms with Gasteiger partial charge in [-0.3, -0.25) is 4.79 Å². The van der Waals surface area contributed by atoms with Crippen molar-refractivity contribution < 1.29 is 17.6 Å². The fourth-order valence-electron chi connectivity index (χ4n) is 4.12. The largest absolute Gasteiger partial charge is 0.308 e. The molecule has 1 saturated heterocycles. The van der Waals surface area contributed by atoms with Crippen LogP contribution in [0.25, 0.3) is 0 Å². The number of fused-ring (bicyclic) bond motifs is 1. The van der Waals surface area contributed by atoms with Crippen molar-refractivity contribution in [3.05, 3.63) is 59.4 Å². The first kappa shape index (κ1) is 20.0. The molecule has 0 saturated carbocycles. The van der Waals surface area contributed by atoms with E-state index in [-0.39, 0.29) is 11.7 Å². The second kappa shape index (κ2) is 8.24. The van der Waals surface area contributed by atoms with Gasteiger partial charge >= 0.3 is 0 Å². The van der Waals surface area contributed by atoms with Gasteiger partial charge in [0.25, 0.3) is 5.91 Å². The minimum Gasteiger partial charge on any atom is -0.308 e. The highest BCUT2D eigenvalue weighted by Crippen LogP contribution is 2.32. The Balaban J connectivity index is 1.63. The van der Waals surface area contributed by atoms with Crippen LogP contribution in [0.4, 0.5) is 10.1 Å². The van der Waals surface area contributed by atoms with E-state index >= 15 is 0 Å². The smallest absolute Gasteiger partial charge is 0.258 e. The van der Waals surface area contributed by atoms with Crippen LogP contribution in [0.3, 0.4) is 0 Å². The van der Waals surface area contributed by atoms with Gasteiger partial charge in [-0.15, -0.1) is 0 Å². The zero-order chi connectivity index (χ0) is 20.4. The normalized spacial score (nSPS) is 18.2. The van der Waals surface area contributed by atoms with Gasteiger partial charge in [0.1, 0.15) is 5.82 Å². The average Bonchev–Trinajstić information content (AvgIpc) is 3.03. The Morgan fingerprint density at radius 2 is 1.55 bits per heavy atom. The van der Waals surface area contributed by atoms with Crippen LogP contribution in [0.5, 0.6) is 0 Å². The minimum atomic E-state index is -3.53. The van der Waals surface area contributed by atoms with E-state index in [0.29, 0.717) is 30.1 Å². The third-order valence-electron chi connectivity index (χ3n) is 5.71. The molecule has 2 aliphatic heterocycles. The minimum absolute atomic E-state index is 0.200. The molecular weight excluding hydrogens is 391 g/mol. The van der Waals surface area contributed by atoms with Crippen LogP contribution in [-0.2, 0) is 16.4 Å². The van der Waals surface area contributed by atoms with Gasteiger partial charge in [0, 0.05) is 30.9 Å². The van der Waals surface area contributed by atoms with Crippen LogP contribution in [-0.4, -0.2) is 38.3 Å². The molecule has 0 spiro atoms. The van der Waals surface area contributed by atoms with E-state index in [4.69, 9.17) is 0 Å². The van der Waals surface area contributed by atoms with Crippen molar-refractivity contribution in [2.45, 2.75) is 43.4 Å². The molecule has 0 bridgehead atoms. The molecule has 0 unspecified atom stereocenters. The van der Waals surface area contributed by atoms with E-state index < -0.39 is 10.0 Å². The number of carbonyl (C=O) groups is 1. The first-order chi connectivity index (χ1) is 14.0. The molecule has 2 aromatic carbocycles. The van der Waals surface area contributed by atoms with Crippen LogP contribution in [0.15, 0.2) is 47.4 Å². The fourth-order valence-corrected chi connectivity index (χ4v) is 5.69. The van der Waals surface area contributed by atoms with Crippen molar-refractivity contribution in [3.63, 3.8) is 0 Å². The monoisotopic (exact) mass is 416 g/mol. The van der Waals surface area contributed by atoms with Gasteiger partial charge in [0.15, 0.2) is 0 Å². The van der Waals surface area contributed by atoms with Crippen LogP contribution >= 0.6 is 0 Å². The molecule has 0 atom stereocenters. The number of benzene rings is 2. The molecule has 1 amide bonds. The molecule has 2 heterocycles. The van der Waals surface area contributed by atoms with Crippen molar-refractivity contribution >= 4 is 21.6 Å². The molecule has 5 nitrogen and oxygen atoms in total. The SMILES string of the molecule is O=C(c1ccc(F)cc1)N1CCCc2cc(S(=O)(=O)N3CCCCCC3)ccc21. The maximum atomic E-state index is 13.2. The highest BCUT2D eigenvalue weighted by Gasteiger charge is 2.29. The fraction of sp³-hybridized carbons (Fsp3) is 0.409. The van der Waals surface area contributed by atoms with Gasteiger partial charge in [-0.05, 0) is 73.7 Å². The van der Waals surface area contributed by atoms with E-state index in [1.165, 1.54) is 24.3 Å². The standard InChI is InChI=1S/C22H25FN2O3S/c23-19-9-7-17(8-10-19)22(26)25-15-5-6-18-16-20(11-12-21(18)25)29(27,28)24-13-3-1-2-4-14-24/h7-12,16H,1-6,13-15H2. The van der Waals surface area contributed by atoms with Crippen LogP contribution in [0, 0.1) is 5.82 Å². The first-order valence-electron chi connectivity index (χ1n) is 10.2. The summed E-state index contributed by atoms with van der Waals surface area (Å²) >= 11 is 0. The van der Waals surface area contributed by atoms with Crippen molar-refractivity contribution in [2.75, 3.05) is 24.5 Å². The summed E-state index contributed by atoms with van der Waals surface area (Å²) in [5.74, 6) is -0.585. The van der Waals surface area contributed by atoms with Crippen molar-refractivity contribution in [1.29, 1.82) is 0 Å². The lowest BCUT2D eigenvalue weighted by Gasteiger charge is -2.30. The van der Waals surface area contributed by atoms with Gasteiger partial charge in [-0.25, -0.2) is 12.8 Å². The van der Waals surface area contributed by atoms with E-state index in [9.17, 15) is 17.6 Å². The lowest BCUT2D eigenvalue weighted by molar-refractivity contribution is 0.0985. The summed E-state index contributed by atoms with van der Waals surface area (Å²) in [7, 11) is -3.53. The van der Waals surface area contributed by atoms with Gasteiger partial charge in [-0.1, -0.05) is 12.8 Å². The van der Waals surface area contributed by atoms with Crippen molar-refractivity contribution in [2.24, 2.45) is 0 Å². The number of amides is 1. The number of rotatable bonds is 3. The lowest BCUT2D eigenvalue weighted by atomic mass is 10.0. The Morgan fingerprint density at radius 1 is 0.862 bits per heavy atom. The number of anilines is 1. The maximum Gasteiger partial charge on any atom is 0.258 e. The zero-order valence-electron chi connectivity index (χ0n) is 16.3.